The van der Waals surface area contributed by atoms with Crippen LogP contribution in [0.25, 0.3) is 22.0 Å². The molecule has 0 radical (unpaired) electrons. The van der Waals surface area contributed by atoms with Crippen LogP contribution < -0.4 is 10.3 Å². The van der Waals surface area contributed by atoms with Gasteiger partial charge in [0.1, 0.15) is 17.1 Å². The highest BCUT2D eigenvalue weighted by Crippen LogP contribution is 2.26. The van der Waals surface area contributed by atoms with Gasteiger partial charge < -0.3 is 9.84 Å². The lowest BCUT2D eigenvalue weighted by molar-refractivity contribution is -0.136. The van der Waals surface area contributed by atoms with Crippen molar-refractivity contribution in [1.29, 1.82) is 0 Å². The summed E-state index contributed by atoms with van der Waals surface area (Å²) in [5.74, 6) is -1.51. The van der Waals surface area contributed by atoms with E-state index in [9.17, 15) is 27.5 Å². The largest absolute Gasteiger partial charge is 0.497 e. The van der Waals surface area contributed by atoms with E-state index in [2.05, 4.69) is 10.3 Å². The molecule has 0 fully saturated rings. The molecule has 186 valence electrons. The first-order valence-corrected chi connectivity index (χ1v) is 12.4. The van der Waals surface area contributed by atoms with Crippen molar-refractivity contribution >= 4 is 26.7 Å². The quantitative estimate of drug-likeness (QED) is 0.382. The molecule has 0 aliphatic carbocycles. The number of ether oxygens (including phenoxy) is 1. The number of sulfone groups is 1. The summed E-state index contributed by atoms with van der Waals surface area (Å²) in [6.45, 7) is 1.35. The lowest BCUT2D eigenvalue weighted by atomic mass is 10.0. The average molecular weight is 512 g/mol. The molecule has 0 spiro atoms. The van der Waals surface area contributed by atoms with Crippen LogP contribution in [-0.4, -0.2) is 46.8 Å². The van der Waals surface area contributed by atoms with E-state index in [-0.39, 0.29) is 22.6 Å². The van der Waals surface area contributed by atoms with Crippen molar-refractivity contribution < 1.29 is 27.4 Å². The first kappa shape index (κ1) is 25.0. The molecule has 9 nitrogen and oxygen atoms in total. The Bertz CT molecular complexity index is 1620. The molecule has 0 amide bonds. The Morgan fingerprint density at radius 3 is 2.42 bits per heavy atom. The molecule has 36 heavy (non-hydrogen) atoms. The highest BCUT2D eigenvalue weighted by atomic mass is 32.2. The number of aliphatic carboxylic acids is 1. The second-order valence-electron chi connectivity index (χ2n) is 8.15. The Morgan fingerprint density at radius 1 is 1.08 bits per heavy atom. The van der Waals surface area contributed by atoms with Crippen molar-refractivity contribution in [1.82, 2.24) is 15.0 Å². The van der Waals surface area contributed by atoms with E-state index < -0.39 is 33.0 Å². The summed E-state index contributed by atoms with van der Waals surface area (Å²) in [5, 5.41) is 15.8. The van der Waals surface area contributed by atoms with Gasteiger partial charge in [0.15, 0.2) is 15.1 Å². The molecule has 1 unspecified atom stereocenters. The Morgan fingerprint density at radius 2 is 1.78 bits per heavy atom. The van der Waals surface area contributed by atoms with Gasteiger partial charge >= 0.3 is 5.97 Å². The van der Waals surface area contributed by atoms with Gasteiger partial charge in [0.2, 0.25) is 0 Å². The summed E-state index contributed by atoms with van der Waals surface area (Å²) < 4.78 is 46.2. The summed E-state index contributed by atoms with van der Waals surface area (Å²) >= 11 is 0. The Kier molecular flexibility index (Phi) is 6.84. The molecular weight excluding hydrogens is 489 g/mol. The van der Waals surface area contributed by atoms with Crippen molar-refractivity contribution in [3.8, 4) is 16.9 Å². The second-order valence-corrected chi connectivity index (χ2v) is 10.3. The van der Waals surface area contributed by atoms with Gasteiger partial charge in [-0.15, -0.1) is 5.10 Å². The number of carboxylic acids is 1. The molecule has 1 heterocycles. The SMILES string of the molecule is COc1ccc2nnn(CCC(C(=O)O)S(=O)(=O)c3ccc(-c4ccc(C)c(F)c4)cc3)c(=O)c2c1. The van der Waals surface area contributed by atoms with Crippen LogP contribution in [0.1, 0.15) is 12.0 Å². The number of nitrogens with zero attached hydrogens (tertiary/aromatic N) is 3. The van der Waals surface area contributed by atoms with Gasteiger partial charge in [0, 0.05) is 6.54 Å². The Labute approximate surface area is 205 Å². The van der Waals surface area contributed by atoms with Gasteiger partial charge in [-0.25, -0.2) is 17.5 Å². The maximum Gasteiger partial charge on any atom is 0.322 e. The zero-order valence-electron chi connectivity index (χ0n) is 19.4. The van der Waals surface area contributed by atoms with E-state index in [0.717, 1.165) is 4.68 Å². The van der Waals surface area contributed by atoms with Crippen LogP contribution in [0.15, 0.2) is 70.4 Å². The second kappa shape index (κ2) is 9.86. The predicted octanol–water partition coefficient (Wildman–Crippen LogP) is 3.23. The lowest BCUT2D eigenvalue weighted by Gasteiger charge is -2.15. The highest BCUT2D eigenvalue weighted by molar-refractivity contribution is 7.92. The third-order valence-corrected chi connectivity index (χ3v) is 7.99. The molecule has 4 rings (SSSR count). The molecule has 1 aromatic heterocycles. The van der Waals surface area contributed by atoms with Crippen LogP contribution in [0.2, 0.25) is 0 Å². The monoisotopic (exact) mass is 511 g/mol. The normalized spacial score (nSPS) is 12.4. The van der Waals surface area contributed by atoms with Gasteiger partial charge in [0.05, 0.1) is 17.4 Å². The van der Waals surface area contributed by atoms with Crippen LogP contribution >= 0.6 is 0 Å². The number of aromatic nitrogens is 3. The molecule has 1 N–H and O–H groups in total. The molecule has 0 aliphatic rings. The number of hydrogen-bond donors (Lipinski definition) is 1. The first-order chi connectivity index (χ1) is 17.1. The van der Waals surface area contributed by atoms with E-state index >= 15 is 0 Å². The zero-order valence-corrected chi connectivity index (χ0v) is 20.2. The smallest absolute Gasteiger partial charge is 0.322 e. The summed E-state index contributed by atoms with van der Waals surface area (Å²) in [5.41, 5.74) is 1.40. The van der Waals surface area contributed by atoms with Gasteiger partial charge in [-0.05, 0) is 66.4 Å². The topological polar surface area (TPSA) is 128 Å². The molecule has 0 aliphatic heterocycles. The third-order valence-electron chi connectivity index (χ3n) is 5.87. The molecular formula is C25H22FN3O6S. The van der Waals surface area contributed by atoms with E-state index in [1.807, 2.05) is 0 Å². The highest BCUT2D eigenvalue weighted by Gasteiger charge is 2.34. The van der Waals surface area contributed by atoms with E-state index in [1.165, 1.54) is 43.5 Å². The molecule has 1 atom stereocenters. The van der Waals surface area contributed by atoms with Crippen LogP contribution in [0.4, 0.5) is 4.39 Å². The Hall–Kier alpha value is -4.12. The fourth-order valence-corrected chi connectivity index (χ4v) is 5.28. The molecule has 3 aromatic carbocycles. The number of benzene rings is 3. The number of fused-ring (bicyclic) bond motifs is 1. The number of methoxy groups -OCH3 is 1. The number of rotatable bonds is 8. The van der Waals surface area contributed by atoms with Gasteiger partial charge in [-0.1, -0.05) is 29.5 Å². The molecule has 0 bridgehead atoms. The number of aryl methyl sites for hydroxylation is 2. The Balaban J connectivity index is 1.59. The third kappa shape index (κ3) is 4.82. The molecule has 4 aromatic rings. The van der Waals surface area contributed by atoms with Crippen LogP contribution in [0.5, 0.6) is 5.75 Å². The van der Waals surface area contributed by atoms with Crippen LogP contribution in [0, 0.1) is 12.7 Å². The van der Waals surface area contributed by atoms with E-state index in [1.54, 1.807) is 31.2 Å². The lowest BCUT2D eigenvalue weighted by Crippen LogP contribution is -2.34. The molecule has 11 heteroatoms. The van der Waals surface area contributed by atoms with Crippen molar-refractivity contribution in [2.45, 2.75) is 30.0 Å². The number of halogens is 1. The minimum atomic E-state index is -4.31. The van der Waals surface area contributed by atoms with Crippen LogP contribution in [0.3, 0.4) is 0 Å². The fraction of sp³-hybridized carbons (Fsp3) is 0.200. The number of hydrogen-bond acceptors (Lipinski definition) is 7. The number of carbonyl (C=O) groups is 1. The first-order valence-electron chi connectivity index (χ1n) is 10.9. The molecule has 0 saturated carbocycles. The van der Waals surface area contributed by atoms with Crippen molar-refractivity contribution in [3.05, 3.63) is 82.4 Å². The fourth-order valence-electron chi connectivity index (χ4n) is 3.75. The standard InChI is InChI=1S/C25H22FN3O6S/c1-15-3-4-17(13-21(15)26)16-5-8-19(9-6-16)36(33,34)23(25(31)32)11-12-29-24(30)20-14-18(35-2)7-10-22(20)27-28-29/h3-10,13-14,23H,11-12H2,1-2H3,(H,31,32). The van der Waals surface area contributed by atoms with Crippen molar-refractivity contribution in [2.75, 3.05) is 7.11 Å². The maximum atomic E-state index is 13.9. The number of carboxylic acid groups (broad SMARTS) is 1. The van der Waals surface area contributed by atoms with E-state index in [0.29, 0.717) is 28.0 Å². The maximum absolute atomic E-state index is 13.9. The average Bonchev–Trinajstić information content (AvgIpc) is 2.86. The summed E-state index contributed by atoms with van der Waals surface area (Å²) in [4.78, 5) is 24.5. The minimum Gasteiger partial charge on any atom is -0.497 e. The van der Waals surface area contributed by atoms with Gasteiger partial charge in [-0.2, -0.15) is 0 Å². The predicted molar refractivity (Wildman–Crippen MR) is 130 cm³/mol. The summed E-state index contributed by atoms with van der Waals surface area (Å²) in [7, 11) is -2.86. The zero-order chi connectivity index (χ0) is 26.0. The summed E-state index contributed by atoms with van der Waals surface area (Å²) in [6.07, 6.45) is -0.410. The van der Waals surface area contributed by atoms with Gasteiger partial charge in [-0.3, -0.25) is 9.59 Å². The van der Waals surface area contributed by atoms with Crippen molar-refractivity contribution in [2.24, 2.45) is 0 Å². The van der Waals surface area contributed by atoms with Gasteiger partial charge in [0.25, 0.3) is 5.56 Å². The minimum absolute atomic E-state index is 0.201. The molecule has 0 saturated heterocycles. The van der Waals surface area contributed by atoms with Crippen molar-refractivity contribution in [3.63, 3.8) is 0 Å². The van der Waals surface area contributed by atoms with Crippen LogP contribution in [-0.2, 0) is 21.2 Å². The summed E-state index contributed by atoms with van der Waals surface area (Å²) in [6, 6.07) is 14.9. The van der Waals surface area contributed by atoms with E-state index in [4.69, 9.17) is 4.74 Å².